The van der Waals surface area contributed by atoms with E-state index in [0.717, 1.165) is 39.4 Å². The lowest BCUT2D eigenvalue weighted by molar-refractivity contribution is -0.120. The minimum absolute atomic E-state index is 0.0513. The topological polar surface area (TPSA) is 53.6 Å². The van der Waals surface area contributed by atoms with E-state index in [9.17, 15) is 4.79 Å². The summed E-state index contributed by atoms with van der Waals surface area (Å²) in [6.45, 7) is 8.26. The average molecular weight is 291 g/mol. The highest BCUT2D eigenvalue weighted by molar-refractivity contribution is 5.77. The van der Waals surface area contributed by atoms with Gasteiger partial charge in [-0.3, -0.25) is 9.69 Å². The number of morpholine rings is 1. The van der Waals surface area contributed by atoms with E-state index in [1.807, 2.05) is 0 Å². The summed E-state index contributed by atoms with van der Waals surface area (Å²) in [4.78, 5) is 14.0. The monoisotopic (exact) mass is 291 g/mol. The highest BCUT2D eigenvalue weighted by Crippen LogP contribution is 2.02. The Bertz CT molecular complexity index is 428. The van der Waals surface area contributed by atoms with E-state index in [2.05, 4.69) is 46.7 Å². The predicted octanol–water partition coefficient (Wildman–Crippen LogP) is 0.533. The molecule has 0 bridgehead atoms. The second-order valence-electron chi connectivity index (χ2n) is 5.39. The minimum atomic E-state index is 0.0513. The van der Waals surface area contributed by atoms with Crippen LogP contribution in [0.5, 0.6) is 0 Å². The SMILES string of the molecule is Cc1ccc(CNCC(=O)NCCN2CCOCC2)cc1. The highest BCUT2D eigenvalue weighted by Gasteiger charge is 2.09. The molecule has 0 aromatic heterocycles. The number of rotatable bonds is 7. The number of hydrogen-bond donors (Lipinski definition) is 2. The first-order chi connectivity index (χ1) is 10.2. The van der Waals surface area contributed by atoms with Gasteiger partial charge in [0, 0.05) is 32.7 Å². The Morgan fingerprint density at radius 2 is 1.95 bits per heavy atom. The lowest BCUT2D eigenvalue weighted by Gasteiger charge is -2.26. The molecule has 0 saturated carbocycles. The van der Waals surface area contributed by atoms with Crippen molar-refractivity contribution < 1.29 is 9.53 Å². The summed E-state index contributed by atoms with van der Waals surface area (Å²) < 4.78 is 5.29. The van der Waals surface area contributed by atoms with Crippen molar-refractivity contribution in [3.63, 3.8) is 0 Å². The van der Waals surface area contributed by atoms with Gasteiger partial charge in [-0.05, 0) is 12.5 Å². The van der Waals surface area contributed by atoms with Crippen molar-refractivity contribution in [2.24, 2.45) is 0 Å². The van der Waals surface area contributed by atoms with Gasteiger partial charge in [0.15, 0.2) is 0 Å². The van der Waals surface area contributed by atoms with Gasteiger partial charge in [0.05, 0.1) is 19.8 Å². The fourth-order valence-corrected chi connectivity index (χ4v) is 2.27. The van der Waals surface area contributed by atoms with E-state index in [-0.39, 0.29) is 5.91 Å². The molecule has 5 nitrogen and oxygen atoms in total. The van der Waals surface area contributed by atoms with Crippen LogP contribution < -0.4 is 10.6 Å². The summed E-state index contributed by atoms with van der Waals surface area (Å²) in [6.07, 6.45) is 0. The van der Waals surface area contributed by atoms with Crippen LogP contribution in [0.25, 0.3) is 0 Å². The van der Waals surface area contributed by atoms with Gasteiger partial charge in [0.1, 0.15) is 0 Å². The van der Waals surface area contributed by atoms with Crippen LogP contribution in [-0.2, 0) is 16.1 Å². The molecule has 0 atom stereocenters. The molecule has 1 aromatic carbocycles. The third kappa shape index (κ3) is 6.25. The van der Waals surface area contributed by atoms with Gasteiger partial charge >= 0.3 is 0 Å². The predicted molar refractivity (Wildman–Crippen MR) is 83.2 cm³/mol. The quantitative estimate of drug-likeness (QED) is 0.769. The third-order valence-electron chi connectivity index (χ3n) is 3.59. The van der Waals surface area contributed by atoms with E-state index in [1.165, 1.54) is 11.1 Å². The van der Waals surface area contributed by atoms with Crippen molar-refractivity contribution >= 4 is 5.91 Å². The number of hydrogen-bond acceptors (Lipinski definition) is 4. The second kappa shape index (κ2) is 8.77. The van der Waals surface area contributed by atoms with Crippen LogP contribution in [-0.4, -0.2) is 56.7 Å². The van der Waals surface area contributed by atoms with Crippen LogP contribution in [0.4, 0.5) is 0 Å². The summed E-state index contributed by atoms with van der Waals surface area (Å²) in [5.74, 6) is 0.0513. The number of benzene rings is 1. The molecule has 116 valence electrons. The summed E-state index contributed by atoms with van der Waals surface area (Å²) in [7, 11) is 0. The Hall–Kier alpha value is -1.43. The maximum Gasteiger partial charge on any atom is 0.234 e. The van der Waals surface area contributed by atoms with Crippen LogP contribution in [0.3, 0.4) is 0 Å². The number of nitrogens with zero attached hydrogens (tertiary/aromatic N) is 1. The Kier molecular flexibility index (Phi) is 6.66. The molecule has 2 rings (SSSR count). The van der Waals surface area contributed by atoms with Gasteiger partial charge < -0.3 is 15.4 Å². The first kappa shape index (κ1) is 15.9. The Morgan fingerprint density at radius 3 is 2.67 bits per heavy atom. The van der Waals surface area contributed by atoms with Crippen molar-refractivity contribution in [2.75, 3.05) is 45.9 Å². The maximum absolute atomic E-state index is 11.7. The summed E-state index contributed by atoms with van der Waals surface area (Å²) in [5.41, 5.74) is 2.45. The van der Waals surface area contributed by atoms with Crippen LogP contribution in [0.15, 0.2) is 24.3 Å². The van der Waals surface area contributed by atoms with E-state index in [0.29, 0.717) is 13.1 Å². The molecule has 1 saturated heterocycles. The van der Waals surface area contributed by atoms with E-state index in [1.54, 1.807) is 0 Å². The number of nitrogens with one attached hydrogen (secondary N) is 2. The Morgan fingerprint density at radius 1 is 1.24 bits per heavy atom. The molecule has 2 N–H and O–H groups in total. The highest BCUT2D eigenvalue weighted by atomic mass is 16.5. The third-order valence-corrected chi connectivity index (χ3v) is 3.59. The maximum atomic E-state index is 11.7. The van der Waals surface area contributed by atoms with Crippen molar-refractivity contribution in [1.82, 2.24) is 15.5 Å². The molecule has 5 heteroatoms. The zero-order valence-corrected chi connectivity index (χ0v) is 12.7. The zero-order chi connectivity index (χ0) is 14.9. The van der Waals surface area contributed by atoms with E-state index in [4.69, 9.17) is 4.74 Å². The number of aryl methyl sites for hydroxylation is 1. The number of carbonyl (C=O) groups excluding carboxylic acids is 1. The fraction of sp³-hybridized carbons (Fsp3) is 0.562. The summed E-state index contributed by atoms with van der Waals surface area (Å²) >= 11 is 0. The molecular weight excluding hydrogens is 266 g/mol. The molecule has 0 spiro atoms. The molecule has 1 aromatic rings. The lowest BCUT2D eigenvalue weighted by Crippen LogP contribution is -2.42. The number of ether oxygens (including phenoxy) is 1. The molecule has 0 radical (unpaired) electrons. The minimum Gasteiger partial charge on any atom is -0.379 e. The van der Waals surface area contributed by atoms with Crippen LogP contribution in [0.1, 0.15) is 11.1 Å². The van der Waals surface area contributed by atoms with Crippen molar-refractivity contribution in [3.8, 4) is 0 Å². The van der Waals surface area contributed by atoms with Crippen LogP contribution in [0.2, 0.25) is 0 Å². The molecule has 1 aliphatic heterocycles. The van der Waals surface area contributed by atoms with E-state index >= 15 is 0 Å². The number of carbonyl (C=O) groups is 1. The van der Waals surface area contributed by atoms with E-state index < -0.39 is 0 Å². The number of amides is 1. The fourth-order valence-electron chi connectivity index (χ4n) is 2.27. The van der Waals surface area contributed by atoms with Gasteiger partial charge in [0.25, 0.3) is 0 Å². The second-order valence-corrected chi connectivity index (χ2v) is 5.39. The molecule has 0 unspecified atom stereocenters. The molecule has 1 aliphatic rings. The van der Waals surface area contributed by atoms with Crippen LogP contribution >= 0.6 is 0 Å². The smallest absolute Gasteiger partial charge is 0.234 e. The van der Waals surface area contributed by atoms with Gasteiger partial charge in [0.2, 0.25) is 5.91 Å². The molecular formula is C16H25N3O2. The first-order valence-electron chi connectivity index (χ1n) is 7.57. The summed E-state index contributed by atoms with van der Waals surface area (Å²) in [6, 6.07) is 8.33. The Balaban J connectivity index is 1.54. The van der Waals surface area contributed by atoms with Crippen LogP contribution in [0, 0.1) is 6.92 Å². The molecule has 1 heterocycles. The van der Waals surface area contributed by atoms with Gasteiger partial charge in [-0.2, -0.15) is 0 Å². The van der Waals surface area contributed by atoms with Crippen molar-refractivity contribution in [1.29, 1.82) is 0 Å². The molecule has 1 fully saturated rings. The molecule has 21 heavy (non-hydrogen) atoms. The first-order valence-corrected chi connectivity index (χ1v) is 7.57. The van der Waals surface area contributed by atoms with Gasteiger partial charge in [-0.25, -0.2) is 0 Å². The Labute approximate surface area is 126 Å². The van der Waals surface area contributed by atoms with Crippen molar-refractivity contribution in [3.05, 3.63) is 35.4 Å². The normalized spacial score (nSPS) is 15.9. The molecule has 1 amide bonds. The van der Waals surface area contributed by atoms with Crippen molar-refractivity contribution in [2.45, 2.75) is 13.5 Å². The largest absolute Gasteiger partial charge is 0.379 e. The molecule has 0 aliphatic carbocycles. The van der Waals surface area contributed by atoms with Gasteiger partial charge in [-0.15, -0.1) is 0 Å². The lowest BCUT2D eigenvalue weighted by atomic mass is 10.1. The summed E-state index contributed by atoms with van der Waals surface area (Å²) in [5, 5.41) is 6.11. The zero-order valence-electron chi connectivity index (χ0n) is 12.7. The standard InChI is InChI=1S/C16H25N3O2/c1-14-2-4-15(5-3-14)12-17-13-16(20)18-6-7-19-8-10-21-11-9-19/h2-5,17H,6-13H2,1H3,(H,18,20). The average Bonchev–Trinajstić information content (AvgIpc) is 2.50. The van der Waals surface area contributed by atoms with Gasteiger partial charge in [-0.1, -0.05) is 29.8 Å².